The van der Waals surface area contributed by atoms with Crippen LogP contribution in [0.5, 0.6) is 0 Å². The molecule has 0 aliphatic rings. The van der Waals surface area contributed by atoms with Crippen LogP contribution in [-0.2, 0) is 0 Å². The predicted molar refractivity (Wildman–Crippen MR) is 69.8 cm³/mol. The molecule has 2 radical (unpaired) electrons. The molecular formula is C13H8BN3O. The summed E-state index contributed by atoms with van der Waals surface area (Å²) in [5, 5.41) is 2.60. The molecule has 5 heteroatoms. The fraction of sp³-hybridized carbons (Fsp3) is 0. The predicted octanol–water partition coefficient (Wildman–Crippen LogP) is 0.504. The first-order valence-electron chi connectivity index (χ1n) is 5.15. The highest BCUT2D eigenvalue weighted by Gasteiger charge is 2.07. The summed E-state index contributed by atoms with van der Waals surface area (Å²) in [5.74, 6) is 2.48. The fourth-order valence-electron chi connectivity index (χ4n) is 1.31. The lowest BCUT2D eigenvalue weighted by atomic mass is 10.0. The lowest BCUT2D eigenvalue weighted by Gasteiger charge is -2.04. The van der Waals surface area contributed by atoms with E-state index in [2.05, 4.69) is 21.2 Å². The van der Waals surface area contributed by atoms with Crippen molar-refractivity contribution in [1.29, 1.82) is 0 Å². The van der Waals surface area contributed by atoms with Crippen LogP contribution >= 0.6 is 0 Å². The average Bonchev–Trinajstić information content (AvgIpc) is 2.39. The summed E-state index contributed by atoms with van der Waals surface area (Å²) in [7, 11) is 5.50. The first kappa shape index (κ1) is 11.9. The van der Waals surface area contributed by atoms with E-state index in [1.165, 1.54) is 6.20 Å². The molecule has 0 fully saturated rings. The second-order valence-corrected chi connectivity index (χ2v) is 3.48. The maximum atomic E-state index is 11.8. The van der Waals surface area contributed by atoms with Gasteiger partial charge < -0.3 is 5.32 Å². The van der Waals surface area contributed by atoms with Gasteiger partial charge in [0, 0.05) is 11.8 Å². The SMILES string of the molecule is [B]c1cccc(C(=O)Nc2ccc(C#C)cn2)n1. The maximum absolute atomic E-state index is 11.8. The number of hydrogen-bond acceptors (Lipinski definition) is 3. The minimum Gasteiger partial charge on any atom is -0.305 e. The van der Waals surface area contributed by atoms with Gasteiger partial charge in [-0.1, -0.05) is 18.1 Å². The number of hydrogen-bond donors (Lipinski definition) is 1. The molecule has 0 aliphatic carbocycles. The van der Waals surface area contributed by atoms with Crippen molar-refractivity contribution in [2.24, 2.45) is 0 Å². The van der Waals surface area contributed by atoms with Gasteiger partial charge in [-0.05, 0) is 23.8 Å². The zero-order chi connectivity index (χ0) is 13.0. The molecule has 0 atom stereocenters. The fourth-order valence-corrected chi connectivity index (χ4v) is 1.31. The third kappa shape index (κ3) is 2.74. The highest BCUT2D eigenvalue weighted by atomic mass is 16.1. The Morgan fingerprint density at radius 1 is 1.33 bits per heavy atom. The van der Waals surface area contributed by atoms with Crippen molar-refractivity contribution in [1.82, 2.24) is 9.97 Å². The number of nitrogens with zero attached hydrogens (tertiary/aromatic N) is 2. The van der Waals surface area contributed by atoms with Crippen molar-refractivity contribution in [2.75, 3.05) is 5.32 Å². The summed E-state index contributed by atoms with van der Waals surface area (Å²) in [4.78, 5) is 19.7. The van der Waals surface area contributed by atoms with Crippen LogP contribution in [0.2, 0.25) is 0 Å². The minimum absolute atomic E-state index is 0.234. The van der Waals surface area contributed by atoms with E-state index in [0.29, 0.717) is 17.0 Å². The largest absolute Gasteiger partial charge is 0.305 e. The first-order valence-corrected chi connectivity index (χ1v) is 5.15. The molecule has 1 N–H and O–H groups in total. The smallest absolute Gasteiger partial charge is 0.275 e. The van der Waals surface area contributed by atoms with E-state index in [-0.39, 0.29) is 11.6 Å². The molecule has 2 heterocycles. The Morgan fingerprint density at radius 3 is 2.78 bits per heavy atom. The second kappa shape index (κ2) is 5.15. The van der Waals surface area contributed by atoms with E-state index in [4.69, 9.17) is 14.3 Å². The molecule has 18 heavy (non-hydrogen) atoms. The van der Waals surface area contributed by atoms with Gasteiger partial charge in [0.15, 0.2) is 0 Å². The normalized spacial score (nSPS) is 9.50. The summed E-state index contributed by atoms with van der Waals surface area (Å²) in [6.07, 6.45) is 6.71. The number of terminal acetylenes is 1. The molecule has 0 unspecified atom stereocenters. The Hall–Kier alpha value is -2.61. The monoisotopic (exact) mass is 233 g/mol. The molecule has 84 valence electrons. The van der Waals surface area contributed by atoms with Gasteiger partial charge in [0.05, 0.1) is 0 Å². The molecule has 0 saturated heterocycles. The highest BCUT2D eigenvalue weighted by molar-refractivity contribution is 6.30. The van der Waals surface area contributed by atoms with Crippen molar-refractivity contribution in [3.8, 4) is 12.3 Å². The van der Waals surface area contributed by atoms with Crippen LogP contribution in [0.3, 0.4) is 0 Å². The zero-order valence-corrected chi connectivity index (χ0v) is 9.42. The summed E-state index contributed by atoms with van der Waals surface area (Å²) >= 11 is 0. The van der Waals surface area contributed by atoms with Crippen LogP contribution in [0.1, 0.15) is 16.1 Å². The number of aromatic nitrogens is 2. The Kier molecular flexibility index (Phi) is 3.40. The number of carbonyl (C=O) groups excluding carboxylic acids is 1. The maximum Gasteiger partial charge on any atom is 0.275 e. The Morgan fingerprint density at radius 2 is 2.17 bits per heavy atom. The number of nitrogens with one attached hydrogen (secondary N) is 1. The van der Waals surface area contributed by atoms with E-state index in [0.717, 1.165) is 0 Å². The van der Waals surface area contributed by atoms with E-state index in [1.807, 2.05) is 0 Å². The number of pyridine rings is 2. The van der Waals surface area contributed by atoms with Crippen molar-refractivity contribution < 1.29 is 4.79 Å². The lowest BCUT2D eigenvalue weighted by Crippen LogP contribution is -2.19. The third-order valence-corrected chi connectivity index (χ3v) is 2.18. The molecule has 2 aromatic rings. The number of rotatable bonds is 2. The van der Waals surface area contributed by atoms with Crippen molar-refractivity contribution in [3.63, 3.8) is 0 Å². The second-order valence-electron chi connectivity index (χ2n) is 3.48. The summed E-state index contributed by atoms with van der Waals surface area (Å²) in [6.45, 7) is 0. The van der Waals surface area contributed by atoms with E-state index in [1.54, 1.807) is 30.3 Å². The highest BCUT2D eigenvalue weighted by Crippen LogP contribution is 2.05. The molecule has 0 aliphatic heterocycles. The van der Waals surface area contributed by atoms with Gasteiger partial charge in [0.2, 0.25) is 0 Å². The Balaban J connectivity index is 2.14. The minimum atomic E-state index is -0.372. The number of anilines is 1. The molecule has 0 aromatic carbocycles. The average molecular weight is 233 g/mol. The quantitative estimate of drug-likeness (QED) is 0.607. The molecule has 0 saturated carbocycles. The standard InChI is InChI=1S/C13H8BN3O/c1-2-9-6-7-12(15-8-9)17-13(18)10-4-3-5-11(14)16-10/h1,3-8H,(H,15,17,18). The first-order chi connectivity index (χ1) is 8.69. The Labute approximate surface area is 106 Å². The number of carbonyl (C=O) groups is 1. The zero-order valence-electron chi connectivity index (χ0n) is 9.42. The van der Waals surface area contributed by atoms with Gasteiger partial charge in [-0.25, -0.2) is 4.98 Å². The lowest BCUT2D eigenvalue weighted by molar-refractivity contribution is 0.102. The topological polar surface area (TPSA) is 54.9 Å². The van der Waals surface area contributed by atoms with Gasteiger partial charge in [0.25, 0.3) is 5.91 Å². The van der Waals surface area contributed by atoms with Crippen LogP contribution in [-0.4, -0.2) is 23.7 Å². The molecule has 0 spiro atoms. The van der Waals surface area contributed by atoms with Gasteiger partial charge in [-0.3, -0.25) is 9.78 Å². The molecule has 4 nitrogen and oxygen atoms in total. The van der Waals surface area contributed by atoms with Gasteiger partial charge in [0.1, 0.15) is 19.4 Å². The molecule has 0 bridgehead atoms. The van der Waals surface area contributed by atoms with Crippen molar-refractivity contribution in [3.05, 3.63) is 47.8 Å². The summed E-state index contributed by atoms with van der Waals surface area (Å²) < 4.78 is 0. The van der Waals surface area contributed by atoms with Gasteiger partial charge in [-0.2, -0.15) is 0 Å². The third-order valence-electron chi connectivity index (χ3n) is 2.18. The van der Waals surface area contributed by atoms with E-state index >= 15 is 0 Å². The molecular weight excluding hydrogens is 225 g/mol. The van der Waals surface area contributed by atoms with Crippen molar-refractivity contribution in [2.45, 2.75) is 0 Å². The van der Waals surface area contributed by atoms with Crippen LogP contribution in [0.15, 0.2) is 36.5 Å². The van der Waals surface area contributed by atoms with Crippen LogP contribution in [0, 0.1) is 12.3 Å². The number of amides is 1. The van der Waals surface area contributed by atoms with Gasteiger partial charge in [-0.15, -0.1) is 6.42 Å². The molecule has 1 amide bonds. The van der Waals surface area contributed by atoms with Gasteiger partial charge >= 0.3 is 0 Å². The summed E-state index contributed by atoms with van der Waals surface area (Å²) in [6, 6.07) is 8.15. The van der Waals surface area contributed by atoms with Crippen LogP contribution in [0.4, 0.5) is 5.82 Å². The molecule has 2 rings (SSSR count). The summed E-state index contributed by atoms with van der Waals surface area (Å²) in [5.41, 5.74) is 1.17. The van der Waals surface area contributed by atoms with Crippen molar-refractivity contribution >= 4 is 25.2 Å². The van der Waals surface area contributed by atoms with Crippen LogP contribution in [0.25, 0.3) is 0 Å². The van der Waals surface area contributed by atoms with Crippen LogP contribution < -0.4 is 10.9 Å². The van der Waals surface area contributed by atoms with E-state index < -0.39 is 0 Å². The van der Waals surface area contributed by atoms with E-state index in [9.17, 15) is 4.79 Å². The molecule has 2 aromatic heterocycles. The Bertz CT molecular complexity index is 617.